The van der Waals surface area contributed by atoms with Gasteiger partial charge in [0.15, 0.2) is 0 Å². The first-order valence-electron chi connectivity index (χ1n) is 8.60. The van der Waals surface area contributed by atoms with Crippen molar-refractivity contribution in [2.24, 2.45) is 0 Å². The summed E-state index contributed by atoms with van der Waals surface area (Å²) in [6.07, 6.45) is 9.44. The van der Waals surface area contributed by atoms with Crippen molar-refractivity contribution in [3.63, 3.8) is 0 Å². The van der Waals surface area contributed by atoms with Crippen LogP contribution in [-0.2, 0) is 4.79 Å². The Morgan fingerprint density at radius 2 is 1.62 bits per heavy atom. The van der Waals surface area contributed by atoms with Crippen LogP contribution in [0.1, 0.15) is 65.2 Å². The number of nitriles is 1. The van der Waals surface area contributed by atoms with Crippen LogP contribution in [0.25, 0.3) is 0 Å². The third-order valence-corrected chi connectivity index (χ3v) is 4.40. The lowest BCUT2D eigenvalue weighted by atomic mass is 10.1. The number of piperazine rings is 1. The van der Waals surface area contributed by atoms with E-state index in [1.54, 1.807) is 0 Å². The van der Waals surface area contributed by atoms with E-state index in [1.807, 2.05) is 11.8 Å². The molecule has 1 fully saturated rings. The minimum absolute atomic E-state index is 0.0367. The van der Waals surface area contributed by atoms with Crippen molar-refractivity contribution in [1.82, 2.24) is 9.80 Å². The van der Waals surface area contributed by atoms with E-state index in [1.165, 1.54) is 38.5 Å². The van der Waals surface area contributed by atoms with E-state index in [9.17, 15) is 4.79 Å². The molecule has 4 nitrogen and oxygen atoms in total. The molecule has 1 saturated heterocycles. The maximum absolute atomic E-state index is 12.1. The predicted molar refractivity (Wildman–Crippen MR) is 85.8 cm³/mol. The van der Waals surface area contributed by atoms with E-state index in [-0.39, 0.29) is 6.04 Å². The summed E-state index contributed by atoms with van der Waals surface area (Å²) in [5, 5.41) is 8.91. The van der Waals surface area contributed by atoms with Crippen molar-refractivity contribution in [1.29, 1.82) is 5.26 Å². The molecule has 0 aliphatic carbocycles. The summed E-state index contributed by atoms with van der Waals surface area (Å²) in [5.41, 5.74) is 0. The Labute approximate surface area is 130 Å². The summed E-state index contributed by atoms with van der Waals surface area (Å²) in [7, 11) is 0. The smallest absolute Gasteiger partial charge is 0.222 e. The van der Waals surface area contributed by atoms with Gasteiger partial charge in [-0.3, -0.25) is 9.69 Å². The first-order valence-corrected chi connectivity index (χ1v) is 8.60. The van der Waals surface area contributed by atoms with Crippen LogP contribution < -0.4 is 0 Å². The first kappa shape index (κ1) is 18.0. The summed E-state index contributed by atoms with van der Waals surface area (Å²) >= 11 is 0. The van der Waals surface area contributed by atoms with Gasteiger partial charge in [-0.15, -0.1) is 0 Å². The van der Waals surface area contributed by atoms with Crippen LogP contribution in [-0.4, -0.2) is 47.9 Å². The van der Waals surface area contributed by atoms with Gasteiger partial charge in [0.05, 0.1) is 12.1 Å². The zero-order valence-corrected chi connectivity index (χ0v) is 13.8. The fraction of sp³-hybridized carbons (Fsp3) is 0.882. The third-order valence-electron chi connectivity index (χ3n) is 4.40. The highest BCUT2D eigenvalue weighted by molar-refractivity contribution is 5.76. The average Bonchev–Trinajstić information content (AvgIpc) is 2.53. The second-order valence-corrected chi connectivity index (χ2v) is 6.09. The van der Waals surface area contributed by atoms with Crippen LogP contribution in [0.15, 0.2) is 0 Å². The molecule has 0 aromatic carbocycles. The van der Waals surface area contributed by atoms with Crippen LogP contribution in [0.2, 0.25) is 0 Å². The minimum Gasteiger partial charge on any atom is -0.340 e. The van der Waals surface area contributed by atoms with Gasteiger partial charge in [-0.2, -0.15) is 5.26 Å². The molecule has 4 heteroatoms. The summed E-state index contributed by atoms with van der Waals surface area (Å²) in [5.74, 6) is 0.299. The highest BCUT2D eigenvalue weighted by atomic mass is 16.2. The summed E-state index contributed by atoms with van der Waals surface area (Å²) in [6.45, 7) is 7.38. The number of hydrogen-bond acceptors (Lipinski definition) is 3. The van der Waals surface area contributed by atoms with Crippen LogP contribution in [0.5, 0.6) is 0 Å². The number of hydrogen-bond donors (Lipinski definition) is 0. The Bertz CT molecular complexity index is 329. The molecule has 1 rings (SSSR count). The zero-order chi connectivity index (χ0) is 15.5. The van der Waals surface area contributed by atoms with Gasteiger partial charge >= 0.3 is 0 Å². The Morgan fingerprint density at radius 1 is 1.05 bits per heavy atom. The normalized spacial score (nSPS) is 17.5. The molecule has 0 saturated carbocycles. The number of unbranched alkanes of at least 4 members (excludes halogenated alkanes) is 6. The van der Waals surface area contributed by atoms with E-state index >= 15 is 0 Å². The lowest BCUT2D eigenvalue weighted by Gasteiger charge is -2.36. The quantitative estimate of drug-likeness (QED) is 0.613. The molecule has 1 heterocycles. The third kappa shape index (κ3) is 6.95. The molecular weight excluding hydrogens is 262 g/mol. The number of carbonyl (C=O) groups excluding carboxylic acids is 1. The van der Waals surface area contributed by atoms with Gasteiger partial charge in [-0.25, -0.2) is 0 Å². The summed E-state index contributed by atoms with van der Waals surface area (Å²) in [6, 6.07) is 2.23. The van der Waals surface area contributed by atoms with E-state index < -0.39 is 0 Å². The average molecular weight is 293 g/mol. The molecule has 0 radical (unpaired) electrons. The minimum atomic E-state index is -0.0367. The Hall–Kier alpha value is -1.08. The second-order valence-electron chi connectivity index (χ2n) is 6.09. The van der Waals surface area contributed by atoms with Gasteiger partial charge in [0.25, 0.3) is 0 Å². The second kappa shape index (κ2) is 10.6. The standard InChI is InChI=1S/C17H31N3O/c1-3-4-5-6-7-8-9-10-17(21)20-13-11-19(12-14-20)16(2)15-18/h16H,3-14H2,1-2H3. The van der Waals surface area contributed by atoms with Crippen molar-refractivity contribution in [2.45, 2.75) is 71.3 Å². The van der Waals surface area contributed by atoms with E-state index in [0.717, 1.165) is 32.6 Å². The van der Waals surface area contributed by atoms with E-state index in [2.05, 4.69) is 17.9 Å². The fourth-order valence-electron chi connectivity index (χ4n) is 2.83. The monoisotopic (exact) mass is 293 g/mol. The molecular formula is C17H31N3O. The predicted octanol–water partition coefficient (Wildman–Crippen LogP) is 3.18. The maximum atomic E-state index is 12.1. The Balaban J connectivity index is 2.07. The van der Waals surface area contributed by atoms with Gasteiger partial charge in [-0.05, 0) is 13.3 Å². The molecule has 1 aliphatic heterocycles. The van der Waals surface area contributed by atoms with Gasteiger partial charge in [0, 0.05) is 32.6 Å². The molecule has 0 aromatic heterocycles. The number of nitrogens with zero attached hydrogens (tertiary/aromatic N) is 3. The lowest BCUT2D eigenvalue weighted by molar-refractivity contribution is -0.133. The molecule has 1 aliphatic rings. The topological polar surface area (TPSA) is 47.3 Å². The molecule has 120 valence electrons. The van der Waals surface area contributed by atoms with Gasteiger partial charge in [-0.1, -0.05) is 45.4 Å². The van der Waals surface area contributed by atoms with Crippen molar-refractivity contribution < 1.29 is 4.79 Å². The molecule has 1 amide bonds. The fourth-order valence-corrected chi connectivity index (χ4v) is 2.83. The molecule has 21 heavy (non-hydrogen) atoms. The maximum Gasteiger partial charge on any atom is 0.222 e. The Morgan fingerprint density at radius 3 is 2.19 bits per heavy atom. The van der Waals surface area contributed by atoms with E-state index in [4.69, 9.17) is 5.26 Å². The number of carbonyl (C=O) groups is 1. The first-order chi connectivity index (χ1) is 10.2. The molecule has 1 atom stereocenters. The highest BCUT2D eigenvalue weighted by Crippen LogP contribution is 2.11. The number of amides is 1. The molecule has 0 bridgehead atoms. The van der Waals surface area contributed by atoms with Gasteiger partial charge in [0.2, 0.25) is 5.91 Å². The SMILES string of the molecule is CCCCCCCCCC(=O)N1CCN(C(C)C#N)CC1. The highest BCUT2D eigenvalue weighted by Gasteiger charge is 2.23. The largest absolute Gasteiger partial charge is 0.340 e. The lowest BCUT2D eigenvalue weighted by Crippen LogP contribution is -2.51. The van der Waals surface area contributed by atoms with E-state index in [0.29, 0.717) is 12.3 Å². The molecule has 0 spiro atoms. The van der Waals surface area contributed by atoms with Crippen LogP contribution in [0.4, 0.5) is 0 Å². The number of rotatable bonds is 9. The zero-order valence-electron chi connectivity index (χ0n) is 13.8. The summed E-state index contributed by atoms with van der Waals surface area (Å²) in [4.78, 5) is 16.2. The van der Waals surface area contributed by atoms with Crippen molar-refractivity contribution >= 4 is 5.91 Å². The molecule has 0 N–H and O–H groups in total. The van der Waals surface area contributed by atoms with Gasteiger partial charge < -0.3 is 4.90 Å². The van der Waals surface area contributed by atoms with Crippen molar-refractivity contribution in [2.75, 3.05) is 26.2 Å². The van der Waals surface area contributed by atoms with Crippen molar-refractivity contribution in [3.05, 3.63) is 0 Å². The van der Waals surface area contributed by atoms with Gasteiger partial charge in [0.1, 0.15) is 0 Å². The Kier molecular flexibility index (Phi) is 9.09. The summed E-state index contributed by atoms with van der Waals surface area (Å²) < 4.78 is 0. The molecule has 1 unspecified atom stereocenters. The van der Waals surface area contributed by atoms with Crippen LogP contribution >= 0.6 is 0 Å². The van der Waals surface area contributed by atoms with Crippen LogP contribution in [0, 0.1) is 11.3 Å². The van der Waals surface area contributed by atoms with Crippen molar-refractivity contribution in [3.8, 4) is 6.07 Å². The van der Waals surface area contributed by atoms with Crippen LogP contribution in [0.3, 0.4) is 0 Å². The molecule has 0 aromatic rings.